The molecule has 0 radical (unpaired) electrons. The fourth-order valence-electron chi connectivity index (χ4n) is 3.65. The largest absolute Gasteiger partial charge is 0.481 e. The lowest BCUT2D eigenvalue weighted by molar-refractivity contribution is -0.142. The molecule has 1 atom stereocenters. The van der Waals surface area contributed by atoms with Crippen LogP contribution in [0.1, 0.15) is 32.1 Å². The molecule has 2 N–H and O–H groups in total. The van der Waals surface area contributed by atoms with Gasteiger partial charge in [-0.15, -0.1) is 0 Å². The van der Waals surface area contributed by atoms with Gasteiger partial charge in [0.15, 0.2) is 0 Å². The second-order valence-corrected chi connectivity index (χ2v) is 6.99. The fraction of sp³-hybridized carbons (Fsp3) is 0.588. The Kier molecular flexibility index (Phi) is 5.07. The molecule has 1 aliphatic heterocycles. The summed E-state index contributed by atoms with van der Waals surface area (Å²) in [5, 5.41) is 12.8. The Labute approximate surface area is 140 Å². The minimum atomic E-state index is -0.666. The summed E-state index contributed by atoms with van der Waals surface area (Å²) >= 11 is 5.73. The van der Waals surface area contributed by atoms with Gasteiger partial charge in [0.25, 0.3) is 0 Å². The number of hydrogen-bond donors (Lipinski definition) is 2. The zero-order valence-corrected chi connectivity index (χ0v) is 13.7. The number of hydrogen-bond acceptors (Lipinski definition) is 3. The molecule has 6 heteroatoms. The number of benzene rings is 1. The molecular weight excluding hydrogens is 319 g/mol. The second-order valence-electron chi connectivity index (χ2n) is 6.58. The number of carbonyl (C=O) groups is 1. The van der Waals surface area contributed by atoms with Crippen LogP contribution in [-0.4, -0.2) is 36.2 Å². The van der Waals surface area contributed by atoms with E-state index in [9.17, 15) is 9.18 Å². The third-order valence-electron chi connectivity index (χ3n) is 5.00. The van der Waals surface area contributed by atoms with Gasteiger partial charge in [0, 0.05) is 30.9 Å². The molecule has 0 spiro atoms. The molecule has 126 valence electrons. The number of carboxylic acids is 1. The first-order valence-electron chi connectivity index (χ1n) is 8.22. The number of rotatable bonds is 4. The second kappa shape index (κ2) is 7.05. The zero-order chi connectivity index (χ0) is 16.4. The monoisotopic (exact) mass is 340 g/mol. The van der Waals surface area contributed by atoms with E-state index in [1.165, 1.54) is 6.07 Å². The lowest BCUT2D eigenvalue weighted by Crippen LogP contribution is -2.42. The summed E-state index contributed by atoms with van der Waals surface area (Å²) in [6, 6.07) is 5.71. The predicted octanol–water partition coefficient (Wildman–Crippen LogP) is 3.29. The van der Waals surface area contributed by atoms with Gasteiger partial charge < -0.3 is 15.3 Å². The summed E-state index contributed by atoms with van der Waals surface area (Å²) in [5.74, 6) is -1.22. The van der Waals surface area contributed by atoms with E-state index < -0.39 is 5.97 Å². The summed E-state index contributed by atoms with van der Waals surface area (Å²) in [5.41, 5.74) is 0.866. The Balaban J connectivity index is 1.50. The minimum absolute atomic E-state index is 0.151. The van der Waals surface area contributed by atoms with Crippen LogP contribution in [0.3, 0.4) is 0 Å². The van der Waals surface area contributed by atoms with Gasteiger partial charge >= 0.3 is 5.97 Å². The third kappa shape index (κ3) is 3.96. The molecule has 1 aromatic rings. The van der Waals surface area contributed by atoms with Crippen LogP contribution in [0, 0.1) is 11.7 Å². The molecular formula is C17H22ClFN2O2. The highest BCUT2D eigenvalue weighted by molar-refractivity contribution is 6.30. The zero-order valence-electron chi connectivity index (χ0n) is 13.0. The van der Waals surface area contributed by atoms with Crippen molar-refractivity contribution in [2.75, 3.05) is 18.0 Å². The van der Waals surface area contributed by atoms with Crippen LogP contribution in [-0.2, 0) is 4.79 Å². The average molecular weight is 341 g/mol. The van der Waals surface area contributed by atoms with E-state index >= 15 is 0 Å². The van der Waals surface area contributed by atoms with E-state index in [-0.39, 0.29) is 16.8 Å². The normalized spacial score (nSPS) is 28.1. The number of aliphatic carboxylic acids is 1. The van der Waals surface area contributed by atoms with Crippen LogP contribution in [0.2, 0.25) is 5.02 Å². The topological polar surface area (TPSA) is 52.6 Å². The molecule has 2 aliphatic rings. The van der Waals surface area contributed by atoms with Gasteiger partial charge in [-0.05, 0) is 50.3 Å². The molecule has 1 aromatic carbocycles. The number of nitrogens with zero attached hydrogens (tertiary/aromatic N) is 1. The molecule has 1 saturated carbocycles. The van der Waals surface area contributed by atoms with Gasteiger partial charge in [-0.25, -0.2) is 4.39 Å². The van der Waals surface area contributed by atoms with Crippen LogP contribution in [0.15, 0.2) is 18.2 Å². The lowest BCUT2D eigenvalue weighted by atomic mass is 9.86. The van der Waals surface area contributed by atoms with E-state index in [1.807, 2.05) is 6.07 Å². The first-order valence-corrected chi connectivity index (χ1v) is 8.59. The third-order valence-corrected chi connectivity index (χ3v) is 5.31. The number of carboxylic acid groups (broad SMARTS) is 1. The number of halogens is 2. The maximum atomic E-state index is 13.6. The van der Waals surface area contributed by atoms with Gasteiger partial charge in [0.05, 0.1) is 10.9 Å². The summed E-state index contributed by atoms with van der Waals surface area (Å²) in [6.45, 7) is 1.74. The van der Waals surface area contributed by atoms with Crippen LogP contribution in [0.25, 0.3) is 0 Å². The van der Waals surface area contributed by atoms with E-state index in [1.54, 1.807) is 6.07 Å². The molecule has 23 heavy (non-hydrogen) atoms. The highest BCUT2D eigenvalue weighted by Gasteiger charge is 2.29. The Hall–Kier alpha value is -1.33. The molecule has 3 rings (SSSR count). The average Bonchev–Trinajstić information content (AvgIpc) is 2.99. The van der Waals surface area contributed by atoms with Crippen LogP contribution in [0.5, 0.6) is 0 Å². The Morgan fingerprint density at radius 1 is 1.22 bits per heavy atom. The number of anilines is 1. The van der Waals surface area contributed by atoms with Crippen molar-refractivity contribution in [3.8, 4) is 0 Å². The molecule has 4 nitrogen and oxygen atoms in total. The predicted molar refractivity (Wildman–Crippen MR) is 88.5 cm³/mol. The van der Waals surface area contributed by atoms with E-state index in [2.05, 4.69) is 10.2 Å². The van der Waals surface area contributed by atoms with E-state index in [4.69, 9.17) is 16.7 Å². The molecule has 1 heterocycles. The summed E-state index contributed by atoms with van der Waals surface area (Å²) < 4.78 is 13.6. The van der Waals surface area contributed by atoms with Gasteiger partial charge in [0.2, 0.25) is 0 Å². The van der Waals surface area contributed by atoms with E-state index in [0.717, 1.165) is 50.9 Å². The van der Waals surface area contributed by atoms with Crippen LogP contribution < -0.4 is 10.2 Å². The molecule has 2 fully saturated rings. The van der Waals surface area contributed by atoms with Crippen LogP contribution >= 0.6 is 11.6 Å². The van der Waals surface area contributed by atoms with Gasteiger partial charge in [-0.1, -0.05) is 11.6 Å². The Morgan fingerprint density at radius 2 is 1.96 bits per heavy atom. The van der Waals surface area contributed by atoms with Crippen molar-refractivity contribution in [1.82, 2.24) is 5.32 Å². The molecule has 1 unspecified atom stereocenters. The first kappa shape index (κ1) is 16.5. The summed E-state index contributed by atoms with van der Waals surface area (Å²) in [4.78, 5) is 13.2. The minimum Gasteiger partial charge on any atom is -0.481 e. The van der Waals surface area contributed by atoms with Crippen molar-refractivity contribution in [1.29, 1.82) is 0 Å². The summed E-state index contributed by atoms with van der Waals surface area (Å²) in [7, 11) is 0. The van der Waals surface area contributed by atoms with Gasteiger partial charge in [-0.3, -0.25) is 4.79 Å². The van der Waals surface area contributed by atoms with Gasteiger partial charge in [-0.2, -0.15) is 0 Å². The van der Waals surface area contributed by atoms with Crippen molar-refractivity contribution in [2.24, 2.45) is 5.92 Å². The number of nitrogens with one attached hydrogen (secondary N) is 1. The smallest absolute Gasteiger partial charge is 0.306 e. The maximum absolute atomic E-state index is 13.6. The highest BCUT2D eigenvalue weighted by Crippen LogP contribution is 2.28. The fourth-order valence-corrected chi connectivity index (χ4v) is 3.77. The van der Waals surface area contributed by atoms with Crippen molar-refractivity contribution in [2.45, 2.75) is 44.2 Å². The Morgan fingerprint density at radius 3 is 2.61 bits per heavy atom. The molecule has 0 bridgehead atoms. The van der Waals surface area contributed by atoms with Crippen LogP contribution in [0.4, 0.5) is 10.1 Å². The first-order chi connectivity index (χ1) is 11.0. The molecule has 0 aromatic heterocycles. The van der Waals surface area contributed by atoms with Crippen molar-refractivity contribution in [3.05, 3.63) is 29.0 Å². The van der Waals surface area contributed by atoms with Gasteiger partial charge in [0.1, 0.15) is 5.82 Å². The Bertz CT molecular complexity index is 576. The molecule has 1 aliphatic carbocycles. The summed E-state index contributed by atoms with van der Waals surface area (Å²) in [6.07, 6.45) is 4.37. The molecule has 0 amide bonds. The maximum Gasteiger partial charge on any atom is 0.306 e. The standard InChI is InChI=1S/C17H22ClFN2O2/c18-15-6-5-14(9-16(15)19)21-8-7-13(10-21)20-12-3-1-11(2-4-12)17(22)23/h5-6,9,11-13,20H,1-4,7-8,10H2,(H,22,23). The highest BCUT2D eigenvalue weighted by atomic mass is 35.5. The van der Waals surface area contributed by atoms with Crippen molar-refractivity contribution >= 4 is 23.3 Å². The molecule has 1 saturated heterocycles. The van der Waals surface area contributed by atoms with Crippen molar-refractivity contribution in [3.63, 3.8) is 0 Å². The lowest BCUT2D eigenvalue weighted by Gasteiger charge is -2.29. The SMILES string of the molecule is O=C(O)C1CCC(NC2CCN(c3ccc(Cl)c(F)c3)C2)CC1. The van der Waals surface area contributed by atoms with Crippen molar-refractivity contribution < 1.29 is 14.3 Å². The quantitative estimate of drug-likeness (QED) is 0.883. The van der Waals surface area contributed by atoms with E-state index in [0.29, 0.717) is 12.1 Å².